The van der Waals surface area contributed by atoms with Gasteiger partial charge in [0.1, 0.15) is 12.1 Å². The summed E-state index contributed by atoms with van der Waals surface area (Å²) < 4.78 is 5.91. The van der Waals surface area contributed by atoms with Crippen LogP contribution in [0.1, 0.15) is 181 Å². The van der Waals surface area contributed by atoms with Crippen molar-refractivity contribution in [2.45, 2.75) is 193 Å². The Hall–Kier alpha value is -3.71. The second-order valence-corrected chi connectivity index (χ2v) is 14.7. The van der Waals surface area contributed by atoms with E-state index in [1.54, 1.807) is 0 Å². The maximum Gasteiger partial charge on any atom is 0.326 e. The molecule has 0 aliphatic heterocycles. The number of hydrogen-bond acceptors (Lipinski definition) is 5. The van der Waals surface area contributed by atoms with Gasteiger partial charge in [0.25, 0.3) is 0 Å². The Balaban J connectivity index is 4.39. The number of carboxylic acids is 1. The van der Waals surface area contributed by atoms with E-state index >= 15 is 0 Å². The van der Waals surface area contributed by atoms with E-state index in [9.17, 15) is 19.5 Å². The number of esters is 1. The number of amides is 1. The Morgan fingerprint density at radius 3 is 1.58 bits per heavy atom. The molecule has 0 aliphatic carbocycles. The molecule has 0 rings (SSSR count). The van der Waals surface area contributed by atoms with Gasteiger partial charge in [-0.05, 0) is 115 Å². The van der Waals surface area contributed by atoms with Crippen LogP contribution in [0.2, 0.25) is 0 Å². The average Bonchev–Trinajstić information content (AvgIpc) is 3.20. The third-order valence-corrected chi connectivity index (χ3v) is 9.37. The summed E-state index contributed by atoms with van der Waals surface area (Å²) in [6.45, 7) is 4.79. The van der Waals surface area contributed by atoms with Gasteiger partial charge in [0.05, 0.1) is 0 Å². The molecule has 4 N–H and O–H groups in total. The molecular weight excluding hydrogens is 709 g/mol. The molecule has 0 bridgehead atoms. The standard InChI is InChI=1S/C50H82N2O5/c1-3-5-7-9-11-13-14-15-16-17-18-19-20-21-22-23-24-25-26-28-30-32-38-44-49(54)57-46(40-35-31-29-27-12-10-8-6-4-2)41-36-33-34-37-43-48(53)52-47(50(55)56)42-39-45-51/h5,7,11,13,15-16,18-19,21-22,24-25,28,30,35,40,46-47H,3-4,6,8-10,12,14,17,20,23,26-27,29,31-34,36-39,41-45,51H2,1-2H3,(H,52,53)(H,55,56)/b7-5-,13-11-,16-15-,19-18-,22-21-,25-24-,30-28-,40-35-. The van der Waals surface area contributed by atoms with Crippen molar-refractivity contribution < 1.29 is 24.2 Å². The van der Waals surface area contributed by atoms with Gasteiger partial charge < -0.3 is 20.9 Å². The number of allylic oxidation sites excluding steroid dienone is 15. The van der Waals surface area contributed by atoms with Crippen molar-refractivity contribution in [1.82, 2.24) is 5.32 Å². The third-order valence-electron chi connectivity index (χ3n) is 9.37. The number of carboxylic acid groups (broad SMARTS) is 1. The summed E-state index contributed by atoms with van der Waals surface area (Å²) in [6, 6.07) is -0.881. The number of nitrogens with one attached hydrogen (secondary N) is 1. The first-order chi connectivity index (χ1) is 27.9. The molecular formula is C50H82N2O5. The lowest BCUT2D eigenvalue weighted by Gasteiger charge is -2.15. The van der Waals surface area contributed by atoms with Gasteiger partial charge in [-0.2, -0.15) is 0 Å². The second-order valence-electron chi connectivity index (χ2n) is 14.7. The van der Waals surface area contributed by atoms with Crippen molar-refractivity contribution >= 4 is 17.8 Å². The normalized spacial score (nSPS) is 13.6. The molecule has 0 saturated carbocycles. The Kier molecular flexibility index (Phi) is 40.6. The minimum Gasteiger partial charge on any atom is -0.480 e. The van der Waals surface area contributed by atoms with Crippen molar-refractivity contribution in [3.8, 4) is 0 Å². The predicted molar refractivity (Wildman–Crippen MR) is 243 cm³/mol. The van der Waals surface area contributed by atoms with Crippen LogP contribution in [-0.4, -0.2) is 41.6 Å². The molecule has 0 aromatic carbocycles. The first-order valence-electron chi connectivity index (χ1n) is 22.6. The summed E-state index contributed by atoms with van der Waals surface area (Å²) in [6.07, 6.45) is 59.0. The summed E-state index contributed by atoms with van der Waals surface area (Å²) in [5.41, 5.74) is 5.48. The highest BCUT2D eigenvalue weighted by Crippen LogP contribution is 2.15. The highest BCUT2D eigenvalue weighted by Gasteiger charge is 2.19. The molecule has 0 aromatic rings. The lowest BCUT2D eigenvalue weighted by Crippen LogP contribution is -2.40. The number of carbonyl (C=O) groups is 3. The van der Waals surface area contributed by atoms with E-state index in [2.05, 4.69) is 116 Å². The van der Waals surface area contributed by atoms with Gasteiger partial charge >= 0.3 is 11.9 Å². The van der Waals surface area contributed by atoms with Crippen molar-refractivity contribution in [3.05, 3.63) is 97.2 Å². The third kappa shape index (κ3) is 40.3. The zero-order valence-corrected chi connectivity index (χ0v) is 36.1. The monoisotopic (exact) mass is 791 g/mol. The van der Waals surface area contributed by atoms with E-state index in [0.29, 0.717) is 38.6 Å². The molecule has 0 saturated heterocycles. The molecule has 0 aromatic heterocycles. The summed E-state index contributed by atoms with van der Waals surface area (Å²) in [7, 11) is 0. The molecule has 57 heavy (non-hydrogen) atoms. The second kappa shape index (κ2) is 43.4. The summed E-state index contributed by atoms with van der Waals surface area (Å²) >= 11 is 0. The number of hydrogen-bond donors (Lipinski definition) is 3. The van der Waals surface area contributed by atoms with Crippen LogP contribution in [0, 0.1) is 0 Å². The lowest BCUT2D eigenvalue weighted by atomic mass is 10.1. The van der Waals surface area contributed by atoms with Gasteiger partial charge in [-0.3, -0.25) is 9.59 Å². The minimum absolute atomic E-state index is 0.148. The fourth-order valence-electron chi connectivity index (χ4n) is 5.99. The van der Waals surface area contributed by atoms with Crippen LogP contribution in [0.25, 0.3) is 0 Å². The topological polar surface area (TPSA) is 119 Å². The molecule has 0 radical (unpaired) electrons. The highest BCUT2D eigenvalue weighted by atomic mass is 16.5. The number of nitrogens with two attached hydrogens (primary N) is 1. The maximum absolute atomic E-state index is 12.7. The van der Waals surface area contributed by atoms with Gasteiger partial charge in [0, 0.05) is 12.8 Å². The van der Waals surface area contributed by atoms with Crippen molar-refractivity contribution in [3.63, 3.8) is 0 Å². The van der Waals surface area contributed by atoms with Gasteiger partial charge in [0.15, 0.2) is 0 Å². The van der Waals surface area contributed by atoms with E-state index < -0.39 is 12.0 Å². The molecule has 2 atom stereocenters. The zero-order chi connectivity index (χ0) is 41.7. The fraction of sp³-hybridized carbons (Fsp3) is 0.620. The van der Waals surface area contributed by atoms with Gasteiger partial charge in [-0.25, -0.2) is 4.79 Å². The SMILES string of the molecule is CC/C=C\C/C=C\C/C=C\C/C=C\C/C=C\C/C=C\C/C=C\CCCC(=O)OC(/C=C\CCCCCCCCC)CCCCCCC(=O)NC(CCCN)C(=O)O. The number of aliphatic carboxylic acids is 1. The van der Waals surface area contributed by atoms with Crippen molar-refractivity contribution in [2.75, 3.05) is 6.54 Å². The van der Waals surface area contributed by atoms with Crippen LogP contribution in [0.3, 0.4) is 0 Å². The van der Waals surface area contributed by atoms with Crippen LogP contribution in [0.4, 0.5) is 0 Å². The van der Waals surface area contributed by atoms with Crippen LogP contribution < -0.4 is 11.1 Å². The smallest absolute Gasteiger partial charge is 0.326 e. The first-order valence-corrected chi connectivity index (χ1v) is 22.6. The van der Waals surface area contributed by atoms with Crippen molar-refractivity contribution in [2.24, 2.45) is 5.73 Å². The van der Waals surface area contributed by atoms with E-state index in [0.717, 1.165) is 96.3 Å². The predicted octanol–water partition coefficient (Wildman–Crippen LogP) is 13.1. The average molecular weight is 791 g/mol. The van der Waals surface area contributed by atoms with Gasteiger partial charge in [0.2, 0.25) is 5.91 Å². The molecule has 0 spiro atoms. The molecule has 0 heterocycles. The summed E-state index contributed by atoms with van der Waals surface area (Å²) in [5.74, 6) is -1.40. The van der Waals surface area contributed by atoms with Gasteiger partial charge in [-0.15, -0.1) is 0 Å². The Labute approximate surface area is 348 Å². The number of unbranched alkanes of at least 4 members (excludes halogenated alkanes) is 11. The highest BCUT2D eigenvalue weighted by molar-refractivity contribution is 5.83. The number of carbonyl (C=O) groups excluding carboxylic acids is 2. The van der Waals surface area contributed by atoms with Crippen LogP contribution >= 0.6 is 0 Å². The Morgan fingerprint density at radius 1 is 0.544 bits per heavy atom. The quantitative estimate of drug-likeness (QED) is 0.0324. The maximum atomic E-state index is 12.7. The van der Waals surface area contributed by atoms with E-state index in [-0.39, 0.29) is 18.0 Å². The van der Waals surface area contributed by atoms with Crippen LogP contribution in [0.5, 0.6) is 0 Å². The molecule has 2 unspecified atom stereocenters. The van der Waals surface area contributed by atoms with E-state index in [1.807, 2.05) is 0 Å². The molecule has 1 amide bonds. The molecule has 7 nitrogen and oxygen atoms in total. The fourth-order valence-corrected chi connectivity index (χ4v) is 5.99. The number of rotatable bonds is 39. The Bertz CT molecular complexity index is 1210. The largest absolute Gasteiger partial charge is 0.480 e. The van der Waals surface area contributed by atoms with Crippen LogP contribution in [-0.2, 0) is 19.1 Å². The van der Waals surface area contributed by atoms with E-state index in [4.69, 9.17) is 10.5 Å². The van der Waals surface area contributed by atoms with Gasteiger partial charge in [-0.1, -0.05) is 156 Å². The summed E-state index contributed by atoms with van der Waals surface area (Å²) in [5, 5.41) is 11.9. The first kappa shape index (κ1) is 53.3. The Morgan fingerprint density at radius 2 is 1.04 bits per heavy atom. The molecule has 7 heteroatoms. The lowest BCUT2D eigenvalue weighted by molar-refractivity contribution is -0.147. The number of ether oxygens (including phenoxy) is 1. The van der Waals surface area contributed by atoms with Crippen molar-refractivity contribution in [1.29, 1.82) is 0 Å². The zero-order valence-electron chi connectivity index (χ0n) is 36.1. The van der Waals surface area contributed by atoms with E-state index in [1.165, 1.54) is 38.5 Å². The summed E-state index contributed by atoms with van der Waals surface area (Å²) in [4.78, 5) is 36.4. The van der Waals surface area contributed by atoms with Crippen LogP contribution in [0.15, 0.2) is 97.2 Å². The molecule has 0 aliphatic rings. The molecule has 0 fully saturated rings. The molecule has 322 valence electrons. The minimum atomic E-state index is -1.02.